The van der Waals surface area contributed by atoms with Crippen molar-refractivity contribution in [3.8, 4) is 11.5 Å². The van der Waals surface area contributed by atoms with Gasteiger partial charge in [0.1, 0.15) is 0 Å². The molecule has 15 heavy (non-hydrogen) atoms. The summed E-state index contributed by atoms with van der Waals surface area (Å²) in [4.78, 5) is 14.7. The molecule has 0 aliphatic carbocycles. The fourth-order valence-corrected chi connectivity index (χ4v) is 1.20. The van der Waals surface area contributed by atoms with Gasteiger partial charge in [0.25, 0.3) is 5.89 Å². The van der Waals surface area contributed by atoms with Gasteiger partial charge in [-0.15, -0.1) is 0 Å². The second-order valence-electron chi connectivity index (χ2n) is 3.03. The van der Waals surface area contributed by atoms with E-state index in [1.165, 1.54) is 12.1 Å². The minimum atomic E-state index is -0.979. The summed E-state index contributed by atoms with van der Waals surface area (Å²) in [5.74, 6) is -0.130. The highest BCUT2D eigenvalue weighted by Crippen LogP contribution is 2.18. The average molecular weight is 204 g/mol. The van der Waals surface area contributed by atoms with Crippen molar-refractivity contribution >= 4 is 5.97 Å². The zero-order chi connectivity index (χ0) is 10.8. The van der Waals surface area contributed by atoms with E-state index in [4.69, 9.17) is 9.63 Å². The van der Waals surface area contributed by atoms with E-state index >= 15 is 0 Å². The van der Waals surface area contributed by atoms with Crippen LogP contribution < -0.4 is 0 Å². The van der Waals surface area contributed by atoms with E-state index in [9.17, 15) is 4.79 Å². The first-order chi connectivity index (χ1) is 7.16. The van der Waals surface area contributed by atoms with Crippen molar-refractivity contribution in [2.24, 2.45) is 0 Å². The number of carboxylic acid groups (broad SMARTS) is 1. The molecule has 0 aliphatic rings. The molecule has 1 N–H and O–H groups in total. The van der Waals surface area contributed by atoms with Crippen molar-refractivity contribution in [1.29, 1.82) is 0 Å². The molecular weight excluding hydrogens is 196 g/mol. The summed E-state index contributed by atoms with van der Waals surface area (Å²) in [5.41, 5.74) is 0.804. The van der Waals surface area contributed by atoms with Crippen LogP contribution in [0.25, 0.3) is 11.5 Å². The fourth-order valence-electron chi connectivity index (χ4n) is 1.20. The van der Waals surface area contributed by atoms with Gasteiger partial charge in [-0.05, 0) is 25.1 Å². The van der Waals surface area contributed by atoms with Crippen LogP contribution in [0.15, 0.2) is 28.8 Å². The molecule has 1 aromatic carbocycles. The van der Waals surface area contributed by atoms with E-state index in [1.54, 1.807) is 19.1 Å². The van der Waals surface area contributed by atoms with E-state index in [0.29, 0.717) is 17.3 Å². The molecule has 0 spiro atoms. The monoisotopic (exact) mass is 204 g/mol. The van der Waals surface area contributed by atoms with Gasteiger partial charge in [0, 0.05) is 5.56 Å². The highest BCUT2D eigenvalue weighted by molar-refractivity contribution is 5.88. The predicted molar refractivity (Wildman–Crippen MR) is 51.4 cm³/mol. The molecule has 2 rings (SSSR count). The molecule has 5 nitrogen and oxygen atoms in total. The zero-order valence-corrected chi connectivity index (χ0v) is 7.97. The minimum absolute atomic E-state index is 0.198. The number of carboxylic acids is 1. The molecule has 2 aromatic rings. The van der Waals surface area contributed by atoms with Gasteiger partial charge in [-0.1, -0.05) is 11.2 Å². The van der Waals surface area contributed by atoms with Crippen LogP contribution in [0.5, 0.6) is 0 Å². The highest BCUT2D eigenvalue weighted by atomic mass is 16.5. The van der Waals surface area contributed by atoms with Gasteiger partial charge in [0.2, 0.25) is 0 Å². The van der Waals surface area contributed by atoms with Gasteiger partial charge in [-0.2, -0.15) is 4.98 Å². The normalized spacial score (nSPS) is 10.2. The molecule has 76 valence electrons. The first-order valence-corrected chi connectivity index (χ1v) is 4.31. The lowest BCUT2D eigenvalue weighted by atomic mass is 10.1. The lowest BCUT2D eigenvalue weighted by Crippen LogP contribution is -1.95. The number of aromatic nitrogens is 2. The van der Waals surface area contributed by atoms with Crippen LogP contribution in [0.1, 0.15) is 16.2 Å². The van der Waals surface area contributed by atoms with Crippen molar-refractivity contribution in [2.45, 2.75) is 6.92 Å². The molecule has 1 heterocycles. The van der Waals surface area contributed by atoms with Crippen LogP contribution >= 0.6 is 0 Å². The molecule has 0 bridgehead atoms. The molecular formula is C10H8N2O3. The predicted octanol–water partition coefficient (Wildman–Crippen LogP) is 1.74. The summed E-state index contributed by atoms with van der Waals surface area (Å²) >= 11 is 0. The van der Waals surface area contributed by atoms with Crippen LogP contribution in [0.2, 0.25) is 0 Å². The van der Waals surface area contributed by atoms with Crippen molar-refractivity contribution < 1.29 is 14.4 Å². The minimum Gasteiger partial charge on any atom is -0.478 e. The third-order valence-corrected chi connectivity index (χ3v) is 1.88. The third-order valence-electron chi connectivity index (χ3n) is 1.88. The standard InChI is InChI=1S/C10H8N2O3/c1-6-11-9(15-12-6)7-3-2-4-8(5-7)10(13)14/h2-5H,1H3,(H,13,14). The topological polar surface area (TPSA) is 76.2 Å². The smallest absolute Gasteiger partial charge is 0.335 e. The zero-order valence-electron chi connectivity index (χ0n) is 7.97. The number of rotatable bonds is 2. The second kappa shape index (κ2) is 3.53. The Balaban J connectivity index is 2.45. The second-order valence-corrected chi connectivity index (χ2v) is 3.03. The molecule has 0 unspecified atom stereocenters. The Hall–Kier alpha value is -2.17. The Bertz CT molecular complexity index is 505. The first kappa shape index (κ1) is 9.39. The number of carbonyl (C=O) groups is 1. The number of hydrogen-bond acceptors (Lipinski definition) is 4. The first-order valence-electron chi connectivity index (χ1n) is 4.31. The highest BCUT2D eigenvalue weighted by Gasteiger charge is 2.09. The van der Waals surface area contributed by atoms with Crippen molar-refractivity contribution in [2.75, 3.05) is 0 Å². The maximum Gasteiger partial charge on any atom is 0.335 e. The number of nitrogens with zero attached hydrogens (tertiary/aromatic N) is 2. The van der Waals surface area contributed by atoms with Gasteiger partial charge in [0.15, 0.2) is 5.82 Å². The molecule has 0 saturated heterocycles. The Kier molecular flexibility index (Phi) is 2.21. The Morgan fingerprint density at radius 2 is 2.27 bits per heavy atom. The van der Waals surface area contributed by atoms with Gasteiger partial charge < -0.3 is 9.63 Å². The quantitative estimate of drug-likeness (QED) is 0.806. The third kappa shape index (κ3) is 1.85. The molecule has 0 fully saturated rings. The van der Waals surface area contributed by atoms with Crippen LogP contribution in [0.3, 0.4) is 0 Å². The van der Waals surface area contributed by atoms with Crippen LogP contribution in [0, 0.1) is 6.92 Å². The van der Waals surface area contributed by atoms with E-state index in [1.807, 2.05) is 0 Å². The molecule has 5 heteroatoms. The molecule has 0 saturated carbocycles. The summed E-state index contributed by atoms with van der Waals surface area (Å²) in [6, 6.07) is 6.36. The Morgan fingerprint density at radius 3 is 2.87 bits per heavy atom. The fraction of sp³-hybridized carbons (Fsp3) is 0.100. The van der Waals surface area contributed by atoms with Crippen molar-refractivity contribution in [1.82, 2.24) is 10.1 Å². The van der Waals surface area contributed by atoms with Gasteiger partial charge in [0.05, 0.1) is 5.56 Å². The Labute approximate surface area is 85.4 Å². The van der Waals surface area contributed by atoms with Crippen LogP contribution in [0.4, 0.5) is 0 Å². The van der Waals surface area contributed by atoms with Crippen molar-refractivity contribution in [3.63, 3.8) is 0 Å². The lowest BCUT2D eigenvalue weighted by molar-refractivity contribution is 0.0697. The largest absolute Gasteiger partial charge is 0.478 e. The lowest BCUT2D eigenvalue weighted by Gasteiger charge is -1.96. The molecule has 0 radical (unpaired) electrons. The maximum absolute atomic E-state index is 10.7. The number of aromatic carboxylic acids is 1. The van der Waals surface area contributed by atoms with E-state index < -0.39 is 5.97 Å². The van der Waals surface area contributed by atoms with Crippen molar-refractivity contribution in [3.05, 3.63) is 35.7 Å². The number of benzene rings is 1. The summed E-state index contributed by atoms with van der Waals surface area (Å²) < 4.78 is 4.93. The molecule has 0 amide bonds. The summed E-state index contributed by atoms with van der Waals surface area (Å²) in [6.45, 7) is 1.70. The summed E-state index contributed by atoms with van der Waals surface area (Å²) in [7, 11) is 0. The van der Waals surface area contributed by atoms with Gasteiger partial charge in [-0.25, -0.2) is 4.79 Å². The van der Waals surface area contributed by atoms with Gasteiger partial charge >= 0.3 is 5.97 Å². The Morgan fingerprint density at radius 1 is 1.47 bits per heavy atom. The van der Waals surface area contributed by atoms with E-state index in [-0.39, 0.29) is 5.56 Å². The van der Waals surface area contributed by atoms with Crippen LogP contribution in [-0.2, 0) is 0 Å². The molecule has 0 aliphatic heterocycles. The number of hydrogen-bond donors (Lipinski definition) is 1. The summed E-state index contributed by atoms with van der Waals surface area (Å²) in [5, 5.41) is 12.4. The van der Waals surface area contributed by atoms with E-state index in [0.717, 1.165) is 0 Å². The van der Waals surface area contributed by atoms with Crippen LogP contribution in [-0.4, -0.2) is 21.2 Å². The van der Waals surface area contributed by atoms with E-state index in [2.05, 4.69) is 10.1 Å². The van der Waals surface area contributed by atoms with Gasteiger partial charge in [-0.3, -0.25) is 0 Å². The number of aryl methyl sites for hydroxylation is 1. The molecule has 0 atom stereocenters. The summed E-state index contributed by atoms with van der Waals surface area (Å²) in [6.07, 6.45) is 0. The molecule has 1 aromatic heterocycles. The maximum atomic E-state index is 10.7. The SMILES string of the molecule is Cc1noc(-c2cccc(C(=O)O)c2)n1. The average Bonchev–Trinajstić information content (AvgIpc) is 2.65.